The number of alkyl halides is 3. The van der Waals surface area contributed by atoms with Gasteiger partial charge in [0.15, 0.2) is 0 Å². The molecule has 0 saturated carbocycles. The van der Waals surface area contributed by atoms with Gasteiger partial charge in [-0.1, -0.05) is 0 Å². The molecule has 0 aromatic heterocycles. The van der Waals surface area contributed by atoms with Crippen LogP contribution in [0.5, 0.6) is 0 Å². The van der Waals surface area contributed by atoms with E-state index in [1.807, 2.05) is 4.90 Å². The molecule has 8 heteroatoms. The van der Waals surface area contributed by atoms with Crippen molar-refractivity contribution in [3.63, 3.8) is 0 Å². The van der Waals surface area contributed by atoms with Crippen LogP contribution in [-0.2, 0) is 9.59 Å². The molecule has 1 N–H and O–H groups in total. The molecule has 114 valence electrons. The number of aliphatic carboxylic acids is 1. The van der Waals surface area contributed by atoms with Gasteiger partial charge in [0, 0.05) is 32.7 Å². The van der Waals surface area contributed by atoms with Crippen LogP contribution in [0.2, 0.25) is 0 Å². The number of piperidine rings is 1. The lowest BCUT2D eigenvalue weighted by atomic mass is 9.92. The zero-order valence-corrected chi connectivity index (χ0v) is 10.9. The van der Waals surface area contributed by atoms with Gasteiger partial charge in [-0.05, 0) is 18.8 Å². The Hall–Kier alpha value is -1.31. The Morgan fingerprint density at radius 2 is 1.70 bits per heavy atom. The third kappa shape index (κ3) is 3.41. The van der Waals surface area contributed by atoms with Crippen molar-refractivity contribution in [2.45, 2.75) is 19.0 Å². The van der Waals surface area contributed by atoms with E-state index in [2.05, 4.69) is 0 Å². The van der Waals surface area contributed by atoms with Crippen molar-refractivity contribution in [1.29, 1.82) is 0 Å². The molecule has 0 aliphatic carbocycles. The summed E-state index contributed by atoms with van der Waals surface area (Å²) in [5.41, 5.74) is 0. The quantitative estimate of drug-likeness (QED) is 0.836. The number of carboxylic acids is 1. The zero-order chi connectivity index (χ0) is 14.9. The molecule has 20 heavy (non-hydrogen) atoms. The summed E-state index contributed by atoms with van der Waals surface area (Å²) in [5.74, 6) is -2.64. The van der Waals surface area contributed by atoms with Crippen LogP contribution in [0.25, 0.3) is 0 Å². The Morgan fingerprint density at radius 3 is 2.15 bits per heavy atom. The summed E-state index contributed by atoms with van der Waals surface area (Å²) >= 11 is 0. The van der Waals surface area contributed by atoms with Gasteiger partial charge in [0.25, 0.3) is 0 Å². The maximum Gasteiger partial charge on any atom is 0.471 e. The summed E-state index contributed by atoms with van der Waals surface area (Å²) in [5, 5.41) is 8.75. The van der Waals surface area contributed by atoms with Crippen LogP contribution in [0.3, 0.4) is 0 Å². The summed E-state index contributed by atoms with van der Waals surface area (Å²) < 4.78 is 36.8. The molecule has 2 aliphatic heterocycles. The number of rotatable bonds is 3. The molecule has 2 rings (SSSR count). The van der Waals surface area contributed by atoms with Crippen LogP contribution in [0.4, 0.5) is 13.2 Å². The number of carboxylic acid groups (broad SMARTS) is 1. The van der Waals surface area contributed by atoms with Gasteiger partial charge in [-0.25, -0.2) is 0 Å². The van der Waals surface area contributed by atoms with Crippen molar-refractivity contribution >= 4 is 11.9 Å². The minimum absolute atomic E-state index is 0.124. The van der Waals surface area contributed by atoms with Gasteiger partial charge in [-0.2, -0.15) is 13.2 Å². The summed E-state index contributed by atoms with van der Waals surface area (Å²) in [6.07, 6.45) is -3.72. The Kier molecular flexibility index (Phi) is 4.22. The second-order valence-electron chi connectivity index (χ2n) is 5.49. The summed E-state index contributed by atoms with van der Waals surface area (Å²) in [6.45, 7) is 1.98. The number of carbonyl (C=O) groups is 2. The number of carbonyl (C=O) groups excluding carboxylic acids is 1. The largest absolute Gasteiger partial charge is 0.481 e. The van der Waals surface area contributed by atoms with E-state index in [4.69, 9.17) is 5.11 Å². The third-order valence-corrected chi connectivity index (χ3v) is 3.97. The topological polar surface area (TPSA) is 60.9 Å². The molecule has 2 saturated heterocycles. The van der Waals surface area contributed by atoms with Crippen molar-refractivity contribution < 1.29 is 27.9 Å². The highest BCUT2D eigenvalue weighted by Crippen LogP contribution is 2.26. The lowest BCUT2D eigenvalue weighted by Gasteiger charge is -2.41. The minimum atomic E-state index is -4.79. The van der Waals surface area contributed by atoms with Gasteiger partial charge in [0.05, 0.1) is 5.92 Å². The van der Waals surface area contributed by atoms with Crippen molar-refractivity contribution in [3.05, 3.63) is 0 Å². The molecular formula is C12H17F3N2O3. The molecule has 0 atom stereocenters. The molecule has 2 aliphatic rings. The summed E-state index contributed by atoms with van der Waals surface area (Å²) in [4.78, 5) is 24.6. The minimum Gasteiger partial charge on any atom is -0.481 e. The van der Waals surface area contributed by atoms with E-state index in [0.717, 1.165) is 4.90 Å². The fourth-order valence-electron chi connectivity index (χ4n) is 2.74. The number of hydrogen-bond acceptors (Lipinski definition) is 3. The fraction of sp³-hybridized carbons (Fsp3) is 0.833. The summed E-state index contributed by atoms with van der Waals surface area (Å²) in [7, 11) is 0. The highest BCUT2D eigenvalue weighted by atomic mass is 19.4. The molecule has 0 bridgehead atoms. The van der Waals surface area contributed by atoms with E-state index in [-0.39, 0.29) is 24.9 Å². The highest BCUT2D eigenvalue weighted by Gasteiger charge is 2.43. The zero-order valence-electron chi connectivity index (χ0n) is 10.9. The first-order valence-corrected chi connectivity index (χ1v) is 6.58. The standard InChI is InChI=1S/C12H17F3N2O3/c13-12(14,15)11(20)17-3-1-8(2-4-17)5-16-6-9(7-16)10(18)19/h8-9H,1-7H2,(H,18,19). The first kappa shape index (κ1) is 15.1. The maximum absolute atomic E-state index is 12.3. The Labute approximate surface area is 114 Å². The number of hydrogen-bond donors (Lipinski definition) is 1. The average molecular weight is 294 g/mol. The van der Waals surface area contributed by atoms with Crippen molar-refractivity contribution in [1.82, 2.24) is 9.80 Å². The third-order valence-electron chi connectivity index (χ3n) is 3.97. The van der Waals surface area contributed by atoms with E-state index >= 15 is 0 Å². The van der Waals surface area contributed by atoms with Crippen molar-refractivity contribution in [2.75, 3.05) is 32.7 Å². The molecule has 0 spiro atoms. The van der Waals surface area contributed by atoms with Crippen LogP contribution in [0.15, 0.2) is 0 Å². The van der Waals surface area contributed by atoms with Gasteiger partial charge in [0.2, 0.25) is 0 Å². The monoisotopic (exact) mass is 294 g/mol. The molecule has 5 nitrogen and oxygen atoms in total. The Morgan fingerprint density at radius 1 is 1.15 bits per heavy atom. The van der Waals surface area contributed by atoms with Crippen molar-refractivity contribution in [2.24, 2.45) is 11.8 Å². The van der Waals surface area contributed by atoms with Gasteiger partial charge < -0.3 is 14.9 Å². The normalized spacial score (nSPS) is 22.6. The first-order valence-electron chi connectivity index (χ1n) is 6.58. The van der Waals surface area contributed by atoms with E-state index < -0.39 is 18.1 Å². The number of likely N-dealkylation sites (tertiary alicyclic amines) is 2. The summed E-state index contributed by atoms with van der Waals surface area (Å²) in [6, 6.07) is 0. The molecule has 2 fully saturated rings. The van der Waals surface area contributed by atoms with E-state index in [1.54, 1.807) is 0 Å². The lowest BCUT2D eigenvalue weighted by molar-refractivity contribution is -0.186. The van der Waals surface area contributed by atoms with E-state index in [0.29, 0.717) is 32.5 Å². The van der Waals surface area contributed by atoms with Crippen LogP contribution in [-0.4, -0.2) is 65.7 Å². The second-order valence-corrected chi connectivity index (χ2v) is 5.49. The van der Waals surface area contributed by atoms with Crippen LogP contribution >= 0.6 is 0 Å². The second kappa shape index (κ2) is 5.59. The van der Waals surface area contributed by atoms with Crippen LogP contribution in [0.1, 0.15) is 12.8 Å². The number of nitrogens with zero attached hydrogens (tertiary/aromatic N) is 2. The van der Waals surface area contributed by atoms with Gasteiger partial charge in [-0.15, -0.1) is 0 Å². The highest BCUT2D eigenvalue weighted by molar-refractivity contribution is 5.81. The maximum atomic E-state index is 12.3. The van der Waals surface area contributed by atoms with Crippen molar-refractivity contribution in [3.8, 4) is 0 Å². The molecule has 0 aromatic carbocycles. The van der Waals surface area contributed by atoms with Gasteiger partial charge in [0.1, 0.15) is 0 Å². The molecule has 0 unspecified atom stereocenters. The number of halogens is 3. The van der Waals surface area contributed by atoms with Gasteiger partial charge >= 0.3 is 18.1 Å². The van der Waals surface area contributed by atoms with Crippen LogP contribution < -0.4 is 0 Å². The fourth-order valence-corrected chi connectivity index (χ4v) is 2.74. The molecule has 2 heterocycles. The Bertz CT molecular complexity index is 386. The predicted molar refractivity (Wildman–Crippen MR) is 62.9 cm³/mol. The smallest absolute Gasteiger partial charge is 0.471 e. The SMILES string of the molecule is O=C(O)C1CN(CC2CCN(C(=O)C(F)(F)F)CC2)C1. The van der Waals surface area contributed by atoms with E-state index in [1.165, 1.54) is 0 Å². The van der Waals surface area contributed by atoms with Crippen LogP contribution in [0, 0.1) is 11.8 Å². The molecule has 0 aromatic rings. The number of amides is 1. The molecule has 1 amide bonds. The Balaban J connectivity index is 1.70. The average Bonchev–Trinajstić information content (AvgIpc) is 2.31. The first-order chi connectivity index (χ1) is 9.27. The van der Waals surface area contributed by atoms with E-state index in [9.17, 15) is 22.8 Å². The predicted octanol–water partition coefficient (Wildman–Crippen LogP) is 0.804. The molecule has 0 radical (unpaired) electrons. The van der Waals surface area contributed by atoms with Gasteiger partial charge in [-0.3, -0.25) is 9.59 Å². The lowest BCUT2D eigenvalue weighted by Crippen LogP contribution is -2.53. The molecular weight excluding hydrogens is 277 g/mol.